The normalized spacial score (nSPS) is 17.4. The average molecular weight is 519 g/mol. The van der Waals surface area contributed by atoms with Crippen LogP contribution in [0.25, 0.3) is 5.76 Å². The highest BCUT2D eigenvalue weighted by molar-refractivity contribution is 6.52. The molecular weight excluding hydrogens is 501 g/mol. The zero-order valence-corrected chi connectivity index (χ0v) is 19.4. The molecule has 2 heterocycles. The molecule has 3 aromatic rings. The predicted octanol–water partition coefficient (Wildman–Crippen LogP) is 5.66. The van der Waals surface area contributed by atoms with Gasteiger partial charge >= 0.3 is 6.36 Å². The van der Waals surface area contributed by atoms with E-state index in [1.165, 1.54) is 30.5 Å². The third kappa shape index (κ3) is 4.99. The molecule has 1 saturated heterocycles. The van der Waals surface area contributed by atoms with Crippen LogP contribution in [0.2, 0.25) is 5.02 Å². The van der Waals surface area contributed by atoms with E-state index in [1.54, 1.807) is 31.2 Å². The van der Waals surface area contributed by atoms with Crippen molar-refractivity contribution in [1.82, 2.24) is 4.98 Å². The molecular formula is C25H18ClF3N2O5. The van der Waals surface area contributed by atoms with Gasteiger partial charge in [0.25, 0.3) is 11.7 Å². The van der Waals surface area contributed by atoms with Gasteiger partial charge in [-0.15, -0.1) is 13.2 Å². The molecule has 1 fully saturated rings. The van der Waals surface area contributed by atoms with Gasteiger partial charge in [-0.1, -0.05) is 17.7 Å². The Bertz CT molecular complexity index is 1330. The lowest BCUT2D eigenvalue weighted by atomic mass is 9.98. The number of halogens is 4. The minimum atomic E-state index is -4.89. The van der Waals surface area contributed by atoms with E-state index < -0.39 is 35.6 Å². The fourth-order valence-corrected chi connectivity index (χ4v) is 4.02. The van der Waals surface area contributed by atoms with Crippen LogP contribution in [0.5, 0.6) is 11.5 Å². The van der Waals surface area contributed by atoms with Crippen molar-refractivity contribution in [1.29, 1.82) is 0 Å². The summed E-state index contributed by atoms with van der Waals surface area (Å²) in [6.07, 6.45) is -3.45. The third-order valence-electron chi connectivity index (χ3n) is 5.26. The Kier molecular flexibility index (Phi) is 6.89. The summed E-state index contributed by atoms with van der Waals surface area (Å²) in [4.78, 5) is 31.6. The Labute approximate surface area is 208 Å². The number of ether oxygens (including phenoxy) is 2. The maximum absolute atomic E-state index is 13.2. The number of benzene rings is 2. The van der Waals surface area contributed by atoms with Crippen LogP contribution in [-0.2, 0) is 9.59 Å². The van der Waals surface area contributed by atoms with Crippen molar-refractivity contribution in [3.05, 3.63) is 88.7 Å². The first-order chi connectivity index (χ1) is 17.1. The standard InChI is InChI=1S/C25H18ClF3N2O5/c1-2-35-16-10-11-18(26)17(13-16)22(32)20-21(19-5-3-4-12-30-19)31(24(34)23(20)33)14-6-8-15(9-7-14)36-25(27,28)29/h3-13,21,32H,2H2,1H3/b22-20+. The summed E-state index contributed by atoms with van der Waals surface area (Å²) in [5.41, 5.74) is 0.113. The largest absolute Gasteiger partial charge is 0.573 e. The van der Waals surface area contributed by atoms with Crippen LogP contribution in [0.15, 0.2) is 72.4 Å². The van der Waals surface area contributed by atoms with Crippen molar-refractivity contribution in [3.63, 3.8) is 0 Å². The molecule has 1 amide bonds. The SMILES string of the molecule is CCOc1ccc(Cl)c(/C(O)=C2\C(=O)C(=O)N(c3ccc(OC(F)(F)F)cc3)C2c2ccccn2)c1. The molecule has 0 bridgehead atoms. The van der Waals surface area contributed by atoms with Gasteiger partial charge in [-0.2, -0.15) is 0 Å². The summed E-state index contributed by atoms with van der Waals surface area (Å²) in [5, 5.41) is 11.3. The number of aliphatic hydroxyl groups excluding tert-OH is 1. The van der Waals surface area contributed by atoms with E-state index in [0.29, 0.717) is 12.4 Å². The molecule has 0 radical (unpaired) electrons. The molecule has 1 N–H and O–H groups in total. The van der Waals surface area contributed by atoms with E-state index in [4.69, 9.17) is 16.3 Å². The Morgan fingerprint density at radius 3 is 2.39 bits per heavy atom. The van der Waals surface area contributed by atoms with Gasteiger partial charge < -0.3 is 14.6 Å². The highest BCUT2D eigenvalue weighted by Gasteiger charge is 2.48. The highest BCUT2D eigenvalue weighted by Crippen LogP contribution is 2.43. The van der Waals surface area contributed by atoms with E-state index in [2.05, 4.69) is 9.72 Å². The fraction of sp³-hybridized carbons (Fsp3) is 0.160. The second-order valence-electron chi connectivity index (χ2n) is 7.54. The number of nitrogens with zero attached hydrogens (tertiary/aromatic N) is 2. The van der Waals surface area contributed by atoms with Gasteiger partial charge in [0, 0.05) is 17.4 Å². The van der Waals surface area contributed by atoms with Crippen LogP contribution < -0.4 is 14.4 Å². The van der Waals surface area contributed by atoms with E-state index in [-0.39, 0.29) is 27.5 Å². The Morgan fingerprint density at radius 1 is 1.08 bits per heavy atom. The molecule has 186 valence electrons. The van der Waals surface area contributed by atoms with Crippen LogP contribution in [-0.4, -0.2) is 34.8 Å². The molecule has 7 nitrogen and oxygen atoms in total. The second-order valence-corrected chi connectivity index (χ2v) is 7.95. The number of Topliss-reactive ketones (excluding diaryl/α,β-unsaturated/α-hetero) is 1. The van der Waals surface area contributed by atoms with Crippen molar-refractivity contribution >= 4 is 34.7 Å². The minimum Gasteiger partial charge on any atom is -0.507 e. The lowest BCUT2D eigenvalue weighted by molar-refractivity contribution is -0.274. The molecule has 36 heavy (non-hydrogen) atoms. The number of carbonyl (C=O) groups is 2. The topological polar surface area (TPSA) is 89.0 Å². The first-order valence-corrected chi connectivity index (χ1v) is 11.0. The summed E-state index contributed by atoms with van der Waals surface area (Å²) in [6.45, 7) is 2.11. The van der Waals surface area contributed by atoms with Crippen molar-refractivity contribution < 1.29 is 37.3 Å². The number of ketones is 1. The maximum Gasteiger partial charge on any atom is 0.573 e. The number of alkyl halides is 3. The zero-order valence-electron chi connectivity index (χ0n) is 18.6. The molecule has 0 aliphatic carbocycles. The summed E-state index contributed by atoms with van der Waals surface area (Å²) in [6, 6.07) is 12.5. The first-order valence-electron chi connectivity index (χ1n) is 10.6. The molecule has 2 aromatic carbocycles. The van der Waals surface area contributed by atoms with Crippen LogP contribution in [0.4, 0.5) is 18.9 Å². The van der Waals surface area contributed by atoms with Crippen LogP contribution in [0.1, 0.15) is 24.2 Å². The van der Waals surface area contributed by atoms with Gasteiger partial charge in [0.1, 0.15) is 23.3 Å². The van der Waals surface area contributed by atoms with E-state index in [0.717, 1.165) is 17.0 Å². The lowest BCUT2D eigenvalue weighted by Gasteiger charge is -2.25. The summed E-state index contributed by atoms with van der Waals surface area (Å²) in [7, 11) is 0. The highest BCUT2D eigenvalue weighted by atomic mass is 35.5. The quantitative estimate of drug-likeness (QED) is 0.257. The van der Waals surface area contributed by atoms with Gasteiger partial charge in [-0.05, 0) is 61.5 Å². The van der Waals surface area contributed by atoms with Crippen LogP contribution in [0.3, 0.4) is 0 Å². The van der Waals surface area contributed by atoms with Gasteiger partial charge in [0.05, 0.1) is 22.9 Å². The summed E-state index contributed by atoms with van der Waals surface area (Å²) >= 11 is 6.29. The van der Waals surface area contributed by atoms with E-state index in [1.807, 2.05) is 0 Å². The number of hydrogen-bond donors (Lipinski definition) is 1. The molecule has 1 aliphatic heterocycles. The van der Waals surface area contributed by atoms with Gasteiger partial charge in [-0.3, -0.25) is 19.5 Å². The van der Waals surface area contributed by atoms with Gasteiger partial charge in [0.2, 0.25) is 0 Å². The molecule has 11 heteroatoms. The lowest BCUT2D eigenvalue weighted by Crippen LogP contribution is -2.29. The Morgan fingerprint density at radius 2 is 1.78 bits per heavy atom. The van der Waals surface area contributed by atoms with E-state index >= 15 is 0 Å². The van der Waals surface area contributed by atoms with Crippen molar-refractivity contribution in [2.24, 2.45) is 0 Å². The van der Waals surface area contributed by atoms with E-state index in [9.17, 15) is 27.9 Å². The number of anilines is 1. The number of carbonyl (C=O) groups excluding carboxylic acids is 2. The van der Waals surface area contributed by atoms with Gasteiger partial charge in [0.15, 0.2) is 0 Å². The molecule has 1 aliphatic rings. The molecule has 0 saturated carbocycles. The van der Waals surface area contributed by atoms with Gasteiger partial charge in [-0.25, -0.2) is 0 Å². The predicted molar refractivity (Wildman–Crippen MR) is 125 cm³/mol. The zero-order chi connectivity index (χ0) is 26.0. The number of aromatic nitrogens is 1. The molecule has 1 unspecified atom stereocenters. The monoisotopic (exact) mass is 518 g/mol. The minimum absolute atomic E-state index is 0.0653. The number of aliphatic hydroxyl groups is 1. The number of pyridine rings is 1. The van der Waals surface area contributed by atoms with Crippen molar-refractivity contribution in [2.75, 3.05) is 11.5 Å². The second kappa shape index (κ2) is 9.90. The van der Waals surface area contributed by atoms with Crippen molar-refractivity contribution in [2.45, 2.75) is 19.3 Å². The maximum atomic E-state index is 13.2. The Balaban J connectivity index is 1.86. The number of rotatable bonds is 6. The first kappa shape index (κ1) is 25.1. The number of amides is 1. The molecule has 1 aromatic heterocycles. The fourth-order valence-electron chi connectivity index (χ4n) is 3.81. The summed E-state index contributed by atoms with van der Waals surface area (Å²) in [5.74, 6) is -2.69. The smallest absolute Gasteiger partial charge is 0.507 e. The number of hydrogen-bond acceptors (Lipinski definition) is 6. The molecule has 1 atom stereocenters. The van der Waals surface area contributed by atoms with Crippen molar-refractivity contribution in [3.8, 4) is 11.5 Å². The molecule has 0 spiro atoms. The summed E-state index contributed by atoms with van der Waals surface area (Å²) < 4.78 is 47.0. The molecule has 4 rings (SSSR count). The average Bonchev–Trinajstić information content (AvgIpc) is 3.10. The van der Waals surface area contributed by atoms with Crippen LogP contribution in [0, 0.1) is 0 Å². The third-order valence-corrected chi connectivity index (χ3v) is 5.59. The van der Waals surface area contributed by atoms with Crippen LogP contribution >= 0.6 is 11.6 Å². The Hall–Kier alpha value is -4.05.